The maximum Gasteiger partial charge on any atom is 0.0798 e. The highest BCUT2D eigenvalue weighted by atomic mass is 32.1. The maximum absolute atomic E-state index is 4.31. The molecule has 1 nitrogen and oxygen atoms in total. The van der Waals surface area contributed by atoms with E-state index in [1.807, 2.05) is 5.51 Å². The summed E-state index contributed by atoms with van der Waals surface area (Å²) in [6, 6.07) is 0. The molecule has 12 heavy (non-hydrogen) atoms. The highest BCUT2D eigenvalue weighted by molar-refractivity contribution is 7.84. The Morgan fingerprint density at radius 1 is 1.50 bits per heavy atom. The molecule has 0 N–H and O–H groups in total. The van der Waals surface area contributed by atoms with E-state index in [2.05, 4.69) is 35.1 Å². The molecule has 0 unspecified atom stereocenters. The van der Waals surface area contributed by atoms with Crippen LogP contribution in [0.25, 0.3) is 5.57 Å². The third kappa shape index (κ3) is 1.62. The van der Waals surface area contributed by atoms with Crippen LogP contribution < -0.4 is 0 Å². The molecule has 0 saturated carbocycles. The highest BCUT2D eigenvalue weighted by Crippen LogP contribution is 2.27. The van der Waals surface area contributed by atoms with Gasteiger partial charge >= 0.3 is 0 Å². The van der Waals surface area contributed by atoms with Gasteiger partial charge in [0.25, 0.3) is 0 Å². The van der Waals surface area contributed by atoms with E-state index in [1.165, 1.54) is 5.57 Å². The van der Waals surface area contributed by atoms with Gasteiger partial charge in [0, 0.05) is 10.3 Å². The summed E-state index contributed by atoms with van der Waals surface area (Å²) >= 11 is 5.95. The molecule has 0 fully saturated rings. The van der Waals surface area contributed by atoms with Crippen molar-refractivity contribution in [1.82, 2.24) is 4.98 Å². The van der Waals surface area contributed by atoms with Crippen molar-refractivity contribution in [3.63, 3.8) is 0 Å². The summed E-state index contributed by atoms with van der Waals surface area (Å²) in [5.74, 6) is 0. The molecule has 1 aliphatic rings. The van der Waals surface area contributed by atoms with Gasteiger partial charge in [-0.3, -0.25) is 0 Å². The van der Waals surface area contributed by atoms with E-state index < -0.39 is 0 Å². The highest BCUT2D eigenvalue weighted by Gasteiger charge is 2.06. The van der Waals surface area contributed by atoms with Gasteiger partial charge in [-0.05, 0) is 24.5 Å². The number of allylic oxidation sites excluding steroid dienone is 3. The summed E-state index contributed by atoms with van der Waals surface area (Å²) in [7, 11) is 0. The van der Waals surface area contributed by atoms with Crippen molar-refractivity contribution in [1.29, 1.82) is 0 Å². The lowest BCUT2D eigenvalue weighted by molar-refractivity contribution is 1.04. The van der Waals surface area contributed by atoms with Crippen LogP contribution in [-0.4, -0.2) is 4.98 Å². The second-order valence-electron chi connectivity index (χ2n) is 2.71. The standard InChI is InChI=1S/C9H9NS2/c11-8-3-1-2-7(4-8)9-5-12-6-10-9/h3-6,11H,1-2H2. The van der Waals surface area contributed by atoms with Gasteiger partial charge in [-0.2, -0.15) is 0 Å². The van der Waals surface area contributed by atoms with Crippen molar-refractivity contribution >= 4 is 29.5 Å². The monoisotopic (exact) mass is 195 g/mol. The van der Waals surface area contributed by atoms with Gasteiger partial charge in [-0.1, -0.05) is 6.08 Å². The van der Waals surface area contributed by atoms with Gasteiger partial charge in [0.2, 0.25) is 0 Å². The number of thiazole rings is 1. The summed E-state index contributed by atoms with van der Waals surface area (Å²) < 4.78 is 0. The summed E-state index contributed by atoms with van der Waals surface area (Å²) in [5, 5.41) is 2.08. The third-order valence-corrected chi connectivity index (χ3v) is 2.75. The quantitative estimate of drug-likeness (QED) is 0.679. The van der Waals surface area contributed by atoms with Crippen molar-refractivity contribution < 1.29 is 0 Å². The van der Waals surface area contributed by atoms with Crippen LogP contribution >= 0.6 is 24.0 Å². The molecule has 0 atom stereocenters. The third-order valence-electron chi connectivity index (χ3n) is 1.85. The molecule has 1 aliphatic carbocycles. The first-order chi connectivity index (χ1) is 5.86. The number of aromatic nitrogens is 1. The zero-order chi connectivity index (χ0) is 8.39. The van der Waals surface area contributed by atoms with Gasteiger partial charge in [0.1, 0.15) is 0 Å². The van der Waals surface area contributed by atoms with Gasteiger partial charge in [0.05, 0.1) is 11.2 Å². The normalized spacial score (nSPS) is 17.1. The Balaban J connectivity index is 2.31. The topological polar surface area (TPSA) is 12.9 Å². The SMILES string of the molecule is SC1=CCCC(c2cscn2)=C1. The van der Waals surface area contributed by atoms with E-state index in [1.54, 1.807) is 11.3 Å². The van der Waals surface area contributed by atoms with Gasteiger partial charge < -0.3 is 0 Å². The number of nitrogens with zero attached hydrogens (tertiary/aromatic N) is 1. The van der Waals surface area contributed by atoms with Crippen molar-refractivity contribution in [2.24, 2.45) is 0 Å². The Hall–Kier alpha value is -0.540. The molecule has 0 spiro atoms. The lowest BCUT2D eigenvalue weighted by Crippen LogP contribution is -1.89. The summed E-state index contributed by atoms with van der Waals surface area (Å²) in [5.41, 5.74) is 4.29. The summed E-state index contributed by atoms with van der Waals surface area (Å²) in [4.78, 5) is 5.32. The molecule has 3 heteroatoms. The van der Waals surface area contributed by atoms with Crippen LogP contribution in [0.5, 0.6) is 0 Å². The van der Waals surface area contributed by atoms with E-state index in [0.717, 1.165) is 23.4 Å². The van der Waals surface area contributed by atoms with Crippen LogP contribution in [0.4, 0.5) is 0 Å². The van der Waals surface area contributed by atoms with Gasteiger partial charge in [-0.25, -0.2) is 4.98 Å². The molecule has 1 aromatic heterocycles. The number of hydrogen-bond donors (Lipinski definition) is 1. The molecule has 0 radical (unpaired) electrons. The Morgan fingerprint density at radius 2 is 2.42 bits per heavy atom. The van der Waals surface area contributed by atoms with Crippen LogP contribution in [0.15, 0.2) is 27.9 Å². The molecule has 0 amide bonds. The minimum absolute atomic E-state index is 1.06. The average molecular weight is 195 g/mol. The molecule has 1 heterocycles. The van der Waals surface area contributed by atoms with Crippen molar-refractivity contribution in [2.45, 2.75) is 12.8 Å². The smallest absolute Gasteiger partial charge is 0.0798 e. The first kappa shape index (κ1) is 8.08. The molecule has 0 saturated heterocycles. The molecular formula is C9H9NS2. The van der Waals surface area contributed by atoms with Crippen LogP contribution in [0, 0.1) is 0 Å². The largest absolute Gasteiger partial charge is 0.245 e. The molecule has 0 aromatic carbocycles. The van der Waals surface area contributed by atoms with E-state index in [4.69, 9.17) is 0 Å². The Morgan fingerprint density at radius 3 is 3.08 bits per heavy atom. The number of rotatable bonds is 1. The fourth-order valence-electron chi connectivity index (χ4n) is 1.26. The van der Waals surface area contributed by atoms with E-state index in [0.29, 0.717) is 0 Å². The van der Waals surface area contributed by atoms with Gasteiger partial charge in [0.15, 0.2) is 0 Å². The van der Waals surface area contributed by atoms with Crippen LogP contribution in [0.2, 0.25) is 0 Å². The molecule has 62 valence electrons. The second-order valence-corrected chi connectivity index (χ2v) is 3.95. The Labute approximate surface area is 81.3 Å². The Bertz CT molecular complexity index is 322. The maximum atomic E-state index is 4.31. The fourth-order valence-corrected chi connectivity index (χ4v) is 2.12. The van der Waals surface area contributed by atoms with Crippen LogP contribution in [0.1, 0.15) is 18.5 Å². The summed E-state index contributed by atoms with van der Waals surface area (Å²) in [6.45, 7) is 0. The average Bonchev–Trinajstić information content (AvgIpc) is 2.56. The number of hydrogen-bond acceptors (Lipinski definition) is 3. The van der Waals surface area contributed by atoms with Crippen molar-refractivity contribution in [3.05, 3.63) is 33.6 Å². The first-order valence-corrected chi connectivity index (χ1v) is 5.23. The zero-order valence-corrected chi connectivity index (χ0v) is 8.24. The molecule has 1 aromatic rings. The number of thiol groups is 1. The van der Waals surface area contributed by atoms with Crippen molar-refractivity contribution in [2.75, 3.05) is 0 Å². The Kier molecular flexibility index (Phi) is 2.33. The van der Waals surface area contributed by atoms with E-state index in [-0.39, 0.29) is 0 Å². The van der Waals surface area contributed by atoms with E-state index >= 15 is 0 Å². The lowest BCUT2D eigenvalue weighted by atomic mass is 10.0. The zero-order valence-electron chi connectivity index (χ0n) is 6.53. The minimum atomic E-state index is 1.06. The van der Waals surface area contributed by atoms with Crippen LogP contribution in [0.3, 0.4) is 0 Å². The molecule has 0 bridgehead atoms. The lowest BCUT2D eigenvalue weighted by Gasteiger charge is -2.07. The van der Waals surface area contributed by atoms with Crippen LogP contribution in [-0.2, 0) is 0 Å². The molecular weight excluding hydrogens is 186 g/mol. The summed E-state index contributed by atoms with van der Waals surface area (Å²) in [6.07, 6.45) is 6.41. The van der Waals surface area contributed by atoms with E-state index in [9.17, 15) is 0 Å². The predicted octanol–water partition coefficient (Wildman–Crippen LogP) is 3.13. The van der Waals surface area contributed by atoms with Crippen molar-refractivity contribution in [3.8, 4) is 0 Å². The fraction of sp³-hybridized carbons (Fsp3) is 0.222. The first-order valence-electron chi connectivity index (χ1n) is 3.84. The molecule has 0 aliphatic heterocycles. The van der Waals surface area contributed by atoms with Gasteiger partial charge in [-0.15, -0.1) is 24.0 Å². The molecule has 2 rings (SSSR count). The minimum Gasteiger partial charge on any atom is -0.245 e. The predicted molar refractivity (Wildman–Crippen MR) is 56.4 cm³/mol. The second kappa shape index (κ2) is 3.46.